The molecule has 0 aliphatic heterocycles. The molecule has 0 saturated carbocycles. The number of benzene rings is 1. The number of aliphatic hydroxyl groups is 1. The van der Waals surface area contributed by atoms with Gasteiger partial charge in [0.1, 0.15) is 0 Å². The topological polar surface area (TPSA) is 40.5 Å². The number of rotatable bonds is 5. The highest BCUT2D eigenvalue weighted by molar-refractivity contribution is 5.86. The molecule has 1 rings (SSSR count). The van der Waals surface area contributed by atoms with Crippen LogP contribution in [0.4, 0.5) is 0 Å². The fourth-order valence-electron chi connectivity index (χ4n) is 2.55. The van der Waals surface area contributed by atoms with E-state index in [-0.39, 0.29) is 11.3 Å². The molecule has 0 heterocycles. The van der Waals surface area contributed by atoms with E-state index >= 15 is 0 Å². The maximum atomic E-state index is 12.8. The van der Waals surface area contributed by atoms with E-state index < -0.39 is 5.60 Å². The second-order valence-corrected chi connectivity index (χ2v) is 6.44. The Hall–Kier alpha value is -1.35. The van der Waals surface area contributed by atoms with Gasteiger partial charge in [-0.05, 0) is 31.2 Å². The SMILES string of the molecule is CCN(CC)C(=O)C(O)(CC(C)(C)C)c1ccccc1. The first-order valence-electron chi connectivity index (χ1n) is 7.32. The molecule has 20 heavy (non-hydrogen) atoms. The van der Waals surface area contributed by atoms with Gasteiger partial charge in [0.05, 0.1) is 0 Å². The number of hydrogen-bond donors (Lipinski definition) is 1. The first kappa shape index (κ1) is 16.7. The zero-order valence-corrected chi connectivity index (χ0v) is 13.3. The van der Waals surface area contributed by atoms with Crippen molar-refractivity contribution in [2.45, 2.75) is 46.6 Å². The van der Waals surface area contributed by atoms with Gasteiger partial charge in [-0.15, -0.1) is 0 Å². The first-order valence-corrected chi connectivity index (χ1v) is 7.32. The zero-order chi connectivity index (χ0) is 15.4. The molecule has 0 radical (unpaired) electrons. The number of carbonyl (C=O) groups excluding carboxylic acids is 1. The van der Waals surface area contributed by atoms with Crippen LogP contribution in [0.25, 0.3) is 0 Å². The second-order valence-electron chi connectivity index (χ2n) is 6.44. The van der Waals surface area contributed by atoms with E-state index in [0.29, 0.717) is 25.1 Å². The van der Waals surface area contributed by atoms with E-state index in [1.807, 2.05) is 65.0 Å². The molecule has 1 N–H and O–H groups in total. The molecular formula is C17H27NO2. The molecule has 112 valence electrons. The van der Waals surface area contributed by atoms with Gasteiger partial charge in [0.15, 0.2) is 5.60 Å². The van der Waals surface area contributed by atoms with Gasteiger partial charge in [-0.1, -0.05) is 51.1 Å². The molecular weight excluding hydrogens is 250 g/mol. The van der Waals surface area contributed by atoms with Crippen molar-refractivity contribution in [3.05, 3.63) is 35.9 Å². The number of hydrogen-bond acceptors (Lipinski definition) is 2. The van der Waals surface area contributed by atoms with E-state index in [2.05, 4.69) is 0 Å². The highest BCUT2D eigenvalue weighted by Gasteiger charge is 2.43. The van der Waals surface area contributed by atoms with Crippen molar-refractivity contribution in [1.29, 1.82) is 0 Å². The minimum absolute atomic E-state index is 0.145. The quantitative estimate of drug-likeness (QED) is 0.898. The summed E-state index contributed by atoms with van der Waals surface area (Å²) in [7, 11) is 0. The Labute approximate surface area is 122 Å². The smallest absolute Gasteiger partial charge is 0.259 e. The molecule has 0 spiro atoms. The molecule has 0 fully saturated rings. The average Bonchev–Trinajstić information content (AvgIpc) is 2.39. The molecule has 1 unspecified atom stereocenters. The van der Waals surface area contributed by atoms with Crippen LogP contribution in [-0.4, -0.2) is 29.0 Å². The summed E-state index contributed by atoms with van der Waals surface area (Å²) in [5, 5.41) is 11.1. The maximum Gasteiger partial charge on any atom is 0.259 e. The van der Waals surface area contributed by atoms with Crippen LogP contribution in [-0.2, 0) is 10.4 Å². The summed E-state index contributed by atoms with van der Waals surface area (Å²) in [5.41, 5.74) is -0.925. The van der Waals surface area contributed by atoms with E-state index in [0.717, 1.165) is 0 Å². The third-order valence-electron chi connectivity index (χ3n) is 3.44. The monoisotopic (exact) mass is 277 g/mol. The fourth-order valence-corrected chi connectivity index (χ4v) is 2.55. The standard InChI is InChI=1S/C17H27NO2/c1-6-18(7-2)15(19)17(20,13-16(3,4)5)14-11-9-8-10-12-14/h8-12,20H,6-7,13H2,1-5H3. The van der Waals surface area contributed by atoms with Crippen LogP contribution < -0.4 is 0 Å². The van der Waals surface area contributed by atoms with Crippen molar-refractivity contribution >= 4 is 5.91 Å². The van der Waals surface area contributed by atoms with E-state index in [1.165, 1.54) is 0 Å². The van der Waals surface area contributed by atoms with Crippen molar-refractivity contribution in [2.75, 3.05) is 13.1 Å². The molecule has 1 aromatic rings. The summed E-state index contributed by atoms with van der Waals surface area (Å²) in [4.78, 5) is 14.5. The molecule has 3 heteroatoms. The molecule has 0 saturated heterocycles. The molecule has 0 aromatic heterocycles. The summed E-state index contributed by atoms with van der Waals surface area (Å²) in [5.74, 6) is -0.205. The highest BCUT2D eigenvalue weighted by Crippen LogP contribution is 2.36. The van der Waals surface area contributed by atoms with Gasteiger partial charge in [-0.25, -0.2) is 0 Å². The van der Waals surface area contributed by atoms with Crippen LogP contribution >= 0.6 is 0 Å². The third kappa shape index (κ3) is 3.83. The van der Waals surface area contributed by atoms with Crippen molar-refractivity contribution in [2.24, 2.45) is 5.41 Å². The van der Waals surface area contributed by atoms with Gasteiger partial charge >= 0.3 is 0 Å². The first-order chi connectivity index (χ1) is 9.24. The van der Waals surface area contributed by atoms with Crippen molar-refractivity contribution in [3.8, 4) is 0 Å². The number of nitrogens with zero attached hydrogens (tertiary/aromatic N) is 1. The van der Waals surface area contributed by atoms with Gasteiger partial charge in [0, 0.05) is 13.1 Å². The lowest BCUT2D eigenvalue weighted by Crippen LogP contribution is -2.48. The number of carbonyl (C=O) groups is 1. The van der Waals surface area contributed by atoms with Crippen LogP contribution in [0.2, 0.25) is 0 Å². The highest BCUT2D eigenvalue weighted by atomic mass is 16.3. The minimum Gasteiger partial charge on any atom is -0.375 e. The summed E-state index contributed by atoms with van der Waals surface area (Å²) >= 11 is 0. The Bertz CT molecular complexity index is 432. The lowest BCUT2D eigenvalue weighted by molar-refractivity contribution is -0.155. The Morgan fingerprint density at radius 1 is 1.10 bits per heavy atom. The van der Waals surface area contributed by atoms with Crippen LogP contribution in [0.5, 0.6) is 0 Å². The lowest BCUT2D eigenvalue weighted by Gasteiger charge is -2.37. The zero-order valence-electron chi connectivity index (χ0n) is 13.3. The van der Waals surface area contributed by atoms with Gasteiger partial charge in [-0.2, -0.15) is 0 Å². The molecule has 1 atom stereocenters. The predicted molar refractivity (Wildman–Crippen MR) is 82.3 cm³/mol. The van der Waals surface area contributed by atoms with Crippen molar-refractivity contribution in [3.63, 3.8) is 0 Å². The molecule has 0 aliphatic rings. The summed E-state index contributed by atoms with van der Waals surface area (Å²) in [6, 6.07) is 9.26. The Balaban J connectivity index is 3.24. The Morgan fingerprint density at radius 3 is 2.00 bits per heavy atom. The molecule has 1 amide bonds. The van der Waals surface area contributed by atoms with E-state index in [9.17, 15) is 9.90 Å². The average molecular weight is 277 g/mol. The van der Waals surface area contributed by atoms with E-state index in [1.54, 1.807) is 4.90 Å². The van der Waals surface area contributed by atoms with Crippen molar-refractivity contribution < 1.29 is 9.90 Å². The largest absolute Gasteiger partial charge is 0.375 e. The third-order valence-corrected chi connectivity index (χ3v) is 3.44. The summed E-state index contributed by atoms with van der Waals surface area (Å²) in [6.07, 6.45) is 0.402. The predicted octanol–water partition coefficient (Wildman–Crippen LogP) is 3.18. The van der Waals surface area contributed by atoms with Gasteiger partial charge in [0.25, 0.3) is 5.91 Å². The minimum atomic E-state index is -1.45. The van der Waals surface area contributed by atoms with Crippen LogP contribution in [0, 0.1) is 5.41 Å². The van der Waals surface area contributed by atoms with Gasteiger partial charge in [-0.3, -0.25) is 4.79 Å². The van der Waals surface area contributed by atoms with Crippen LogP contribution in [0.1, 0.15) is 46.6 Å². The molecule has 0 aliphatic carbocycles. The molecule has 3 nitrogen and oxygen atoms in total. The van der Waals surface area contributed by atoms with Crippen molar-refractivity contribution in [1.82, 2.24) is 4.90 Å². The molecule has 0 bridgehead atoms. The summed E-state index contributed by atoms with van der Waals surface area (Å²) in [6.45, 7) is 11.2. The second kappa shape index (κ2) is 6.40. The summed E-state index contributed by atoms with van der Waals surface area (Å²) < 4.78 is 0. The molecule has 1 aromatic carbocycles. The Morgan fingerprint density at radius 2 is 1.60 bits per heavy atom. The van der Waals surface area contributed by atoms with Crippen LogP contribution in [0.3, 0.4) is 0 Å². The van der Waals surface area contributed by atoms with E-state index in [4.69, 9.17) is 0 Å². The lowest BCUT2D eigenvalue weighted by atomic mass is 9.77. The van der Waals surface area contributed by atoms with Gasteiger partial charge in [0.2, 0.25) is 0 Å². The number of amides is 1. The Kier molecular flexibility index (Phi) is 5.35. The van der Waals surface area contributed by atoms with Crippen LogP contribution in [0.15, 0.2) is 30.3 Å². The maximum absolute atomic E-state index is 12.8. The normalized spacial score (nSPS) is 14.7. The number of likely N-dealkylation sites (N-methyl/N-ethyl adjacent to an activating group) is 1. The van der Waals surface area contributed by atoms with Gasteiger partial charge < -0.3 is 10.0 Å². The fraction of sp³-hybridized carbons (Fsp3) is 0.588.